The van der Waals surface area contributed by atoms with Crippen LogP contribution in [0.3, 0.4) is 0 Å². The number of carbonyl (C=O) groups excluding carboxylic acids is 1. The fourth-order valence-corrected chi connectivity index (χ4v) is 4.99. The van der Waals surface area contributed by atoms with Crippen LogP contribution in [0.5, 0.6) is 0 Å². The summed E-state index contributed by atoms with van der Waals surface area (Å²) in [7, 11) is 3.70. The Balaban J connectivity index is 1.38. The quantitative estimate of drug-likeness (QED) is 0.307. The Bertz CT molecular complexity index is 1700. The maximum Gasteiger partial charge on any atom is 0.238 e. The number of anilines is 1. The molecule has 0 aromatic carbocycles. The molecule has 3 N–H and O–H groups in total. The van der Waals surface area contributed by atoms with Crippen molar-refractivity contribution in [2.45, 2.75) is 0 Å². The molecule has 10 heteroatoms. The molecule has 178 valence electrons. The maximum absolute atomic E-state index is 12.2. The van der Waals surface area contributed by atoms with Crippen molar-refractivity contribution in [1.82, 2.24) is 35.0 Å². The predicted octanol–water partition coefficient (Wildman–Crippen LogP) is 4.79. The Morgan fingerprint density at radius 1 is 1.03 bits per heavy atom. The second-order valence-electron chi connectivity index (χ2n) is 8.72. The number of rotatable bonds is 6. The molecule has 0 unspecified atom stereocenters. The first-order valence-corrected chi connectivity index (χ1v) is 12.2. The van der Waals surface area contributed by atoms with Gasteiger partial charge in [-0.15, -0.1) is 11.3 Å². The van der Waals surface area contributed by atoms with Crippen molar-refractivity contribution < 1.29 is 4.79 Å². The summed E-state index contributed by atoms with van der Waals surface area (Å²) < 4.78 is 0. The van der Waals surface area contributed by atoms with Gasteiger partial charge in [0.15, 0.2) is 5.65 Å². The van der Waals surface area contributed by atoms with Crippen LogP contribution < -0.4 is 5.32 Å². The molecule has 0 spiro atoms. The van der Waals surface area contributed by atoms with Gasteiger partial charge in [0.25, 0.3) is 0 Å². The lowest BCUT2D eigenvalue weighted by molar-refractivity contribution is -0.116. The molecule has 0 saturated heterocycles. The van der Waals surface area contributed by atoms with Crippen LogP contribution in [0.15, 0.2) is 66.6 Å². The zero-order chi connectivity index (χ0) is 24.6. The van der Waals surface area contributed by atoms with Crippen LogP contribution in [-0.4, -0.2) is 61.6 Å². The predicted molar refractivity (Wildman–Crippen MR) is 143 cm³/mol. The van der Waals surface area contributed by atoms with E-state index in [4.69, 9.17) is 0 Å². The molecule has 1 amide bonds. The van der Waals surface area contributed by atoms with Crippen LogP contribution in [0.2, 0.25) is 0 Å². The van der Waals surface area contributed by atoms with Crippen molar-refractivity contribution in [1.29, 1.82) is 0 Å². The van der Waals surface area contributed by atoms with Gasteiger partial charge in [0.1, 0.15) is 11.3 Å². The van der Waals surface area contributed by atoms with E-state index < -0.39 is 0 Å². The van der Waals surface area contributed by atoms with Crippen molar-refractivity contribution in [2.24, 2.45) is 0 Å². The number of nitrogens with one attached hydrogen (secondary N) is 3. The highest BCUT2D eigenvalue weighted by atomic mass is 32.1. The summed E-state index contributed by atoms with van der Waals surface area (Å²) >= 11 is 1.70. The summed E-state index contributed by atoms with van der Waals surface area (Å²) in [4.78, 5) is 32.0. The minimum absolute atomic E-state index is 0.0982. The van der Waals surface area contributed by atoms with Crippen molar-refractivity contribution in [3.8, 4) is 33.0 Å². The molecule has 6 aromatic heterocycles. The summed E-state index contributed by atoms with van der Waals surface area (Å²) in [6.45, 7) is 0.295. The Kier molecular flexibility index (Phi) is 5.51. The fourth-order valence-electron chi connectivity index (χ4n) is 4.22. The van der Waals surface area contributed by atoms with E-state index in [0.29, 0.717) is 17.9 Å². The standard InChI is InChI=1S/C26H22N8OS/c1-34(2)14-23(35)30-17-8-15(11-27-13-17)16-9-20-24(32-33-26(20)29-12-16)21-10-19-18(22-4-3-7-36-22)5-6-28-25(19)31-21/h3-13H,14H2,1-2H3,(H,28,31)(H,30,35)(H,29,32,33). The molecule has 0 aliphatic carbocycles. The third-order valence-corrected chi connectivity index (χ3v) is 6.71. The molecule has 0 aliphatic heterocycles. The van der Waals surface area contributed by atoms with Crippen LogP contribution in [-0.2, 0) is 4.79 Å². The van der Waals surface area contributed by atoms with Gasteiger partial charge in [0.2, 0.25) is 5.91 Å². The highest BCUT2D eigenvalue weighted by Gasteiger charge is 2.16. The van der Waals surface area contributed by atoms with Gasteiger partial charge in [0, 0.05) is 50.9 Å². The number of likely N-dealkylation sites (N-methyl/N-ethyl adjacent to an activating group) is 1. The van der Waals surface area contributed by atoms with Crippen LogP contribution in [0.25, 0.3) is 55.0 Å². The average Bonchev–Trinajstić information content (AvgIpc) is 3.62. The topological polar surface area (TPSA) is 115 Å². The van der Waals surface area contributed by atoms with Crippen LogP contribution >= 0.6 is 11.3 Å². The molecule has 0 radical (unpaired) electrons. The van der Waals surface area contributed by atoms with Crippen molar-refractivity contribution in [3.63, 3.8) is 0 Å². The summed E-state index contributed by atoms with van der Waals surface area (Å²) in [6, 6.07) is 12.2. The van der Waals surface area contributed by atoms with Gasteiger partial charge in [-0.3, -0.25) is 14.9 Å². The minimum Gasteiger partial charge on any atom is -0.338 e. The Labute approximate surface area is 210 Å². The van der Waals surface area contributed by atoms with Gasteiger partial charge in [-0.2, -0.15) is 5.10 Å². The largest absolute Gasteiger partial charge is 0.338 e. The smallest absolute Gasteiger partial charge is 0.238 e. The fraction of sp³-hybridized carbons (Fsp3) is 0.115. The SMILES string of the molecule is CN(C)CC(=O)Nc1cncc(-c2cnc3[nH]nc(-c4cc5c(-c6cccs6)ccnc5[nH]4)c3c2)c1. The van der Waals surface area contributed by atoms with Gasteiger partial charge >= 0.3 is 0 Å². The summed E-state index contributed by atoms with van der Waals surface area (Å²) in [5, 5.41) is 14.5. The molecule has 0 fully saturated rings. The third-order valence-electron chi connectivity index (χ3n) is 5.81. The third kappa shape index (κ3) is 4.12. The molecule has 6 rings (SSSR count). The van der Waals surface area contributed by atoms with Gasteiger partial charge in [-0.25, -0.2) is 9.97 Å². The normalized spacial score (nSPS) is 11.5. The van der Waals surface area contributed by atoms with E-state index in [1.54, 1.807) is 29.9 Å². The van der Waals surface area contributed by atoms with Crippen molar-refractivity contribution in [3.05, 3.63) is 66.6 Å². The first-order valence-electron chi connectivity index (χ1n) is 11.3. The lowest BCUT2D eigenvalue weighted by Gasteiger charge is -2.10. The number of aromatic nitrogens is 6. The monoisotopic (exact) mass is 494 g/mol. The summed E-state index contributed by atoms with van der Waals surface area (Å²) in [5.41, 5.74) is 6.59. The first-order chi connectivity index (χ1) is 17.5. The van der Waals surface area contributed by atoms with Gasteiger partial charge in [0.05, 0.1) is 24.1 Å². The molecular weight excluding hydrogens is 472 g/mol. The van der Waals surface area contributed by atoms with Gasteiger partial charge in [-0.05, 0) is 49.8 Å². The second kappa shape index (κ2) is 8.99. The number of nitrogens with zero attached hydrogens (tertiary/aromatic N) is 5. The average molecular weight is 495 g/mol. The second-order valence-corrected chi connectivity index (χ2v) is 9.67. The van der Waals surface area contributed by atoms with E-state index in [-0.39, 0.29) is 5.91 Å². The van der Waals surface area contributed by atoms with Gasteiger partial charge in [-0.1, -0.05) is 6.07 Å². The number of hydrogen-bond donors (Lipinski definition) is 3. The van der Waals surface area contributed by atoms with E-state index >= 15 is 0 Å². The Morgan fingerprint density at radius 2 is 1.92 bits per heavy atom. The number of carbonyl (C=O) groups is 1. The van der Waals surface area contributed by atoms with E-state index in [1.807, 2.05) is 49.5 Å². The van der Waals surface area contributed by atoms with Crippen molar-refractivity contribution >= 4 is 45.0 Å². The Morgan fingerprint density at radius 3 is 2.75 bits per heavy atom. The lowest BCUT2D eigenvalue weighted by atomic mass is 10.1. The lowest BCUT2D eigenvalue weighted by Crippen LogP contribution is -2.27. The van der Waals surface area contributed by atoms with E-state index in [2.05, 4.69) is 53.0 Å². The number of amides is 1. The number of fused-ring (bicyclic) bond motifs is 2. The number of H-pyrrole nitrogens is 2. The molecule has 9 nitrogen and oxygen atoms in total. The number of pyridine rings is 3. The first kappa shape index (κ1) is 22.1. The summed E-state index contributed by atoms with van der Waals surface area (Å²) in [6.07, 6.45) is 6.98. The molecule has 36 heavy (non-hydrogen) atoms. The van der Waals surface area contributed by atoms with E-state index in [1.165, 1.54) is 4.88 Å². The minimum atomic E-state index is -0.0982. The summed E-state index contributed by atoms with van der Waals surface area (Å²) in [5.74, 6) is -0.0982. The zero-order valence-corrected chi connectivity index (χ0v) is 20.4. The molecule has 6 aromatic rings. The van der Waals surface area contributed by atoms with Crippen LogP contribution in [0.4, 0.5) is 5.69 Å². The van der Waals surface area contributed by atoms with Crippen molar-refractivity contribution in [2.75, 3.05) is 26.0 Å². The molecule has 0 atom stereocenters. The molecule has 6 heterocycles. The van der Waals surface area contributed by atoms with Crippen LogP contribution in [0, 0.1) is 0 Å². The highest BCUT2D eigenvalue weighted by Crippen LogP contribution is 2.35. The highest BCUT2D eigenvalue weighted by molar-refractivity contribution is 7.13. The number of hydrogen-bond acceptors (Lipinski definition) is 7. The number of thiophene rings is 1. The van der Waals surface area contributed by atoms with E-state index in [9.17, 15) is 4.79 Å². The maximum atomic E-state index is 12.2. The molecule has 0 saturated carbocycles. The van der Waals surface area contributed by atoms with E-state index in [0.717, 1.165) is 44.5 Å². The van der Waals surface area contributed by atoms with Gasteiger partial charge < -0.3 is 15.2 Å². The molecule has 0 aliphatic rings. The Hall–Kier alpha value is -4.41. The van der Waals surface area contributed by atoms with Crippen LogP contribution in [0.1, 0.15) is 0 Å². The number of aromatic amines is 2. The molecule has 0 bridgehead atoms. The zero-order valence-electron chi connectivity index (χ0n) is 19.6. The molecular formula is C26H22N8OS.